The van der Waals surface area contributed by atoms with Crippen LogP contribution in [-0.4, -0.2) is 9.97 Å². The van der Waals surface area contributed by atoms with Crippen LogP contribution >= 0.6 is 11.6 Å². The largest absolute Gasteiger partial charge is 0.487 e. The van der Waals surface area contributed by atoms with Gasteiger partial charge in [-0.15, -0.1) is 0 Å². The Labute approximate surface area is 118 Å². The highest BCUT2D eigenvalue weighted by Crippen LogP contribution is 2.21. The van der Waals surface area contributed by atoms with Gasteiger partial charge in [0, 0.05) is 0 Å². The van der Waals surface area contributed by atoms with Gasteiger partial charge in [-0.3, -0.25) is 4.98 Å². The average molecular weight is 277 g/mol. The minimum atomic E-state index is 0.390. The van der Waals surface area contributed by atoms with Gasteiger partial charge in [-0.1, -0.05) is 37.6 Å². The molecule has 0 spiro atoms. The van der Waals surface area contributed by atoms with E-state index in [1.54, 1.807) is 6.20 Å². The number of nitrogens with zero attached hydrogens (tertiary/aromatic N) is 2. The van der Waals surface area contributed by atoms with Crippen LogP contribution in [0.4, 0.5) is 0 Å². The van der Waals surface area contributed by atoms with E-state index in [1.165, 1.54) is 11.8 Å². The second kappa shape index (κ2) is 6.53. The van der Waals surface area contributed by atoms with Crippen molar-refractivity contribution in [3.8, 4) is 5.75 Å². The van der Waals surface area contributed by atoms with Crippen LogP contribution in [0.5, 0.6) is 5.75 Å². The molecule has 0 bridgehead atoms. The summed E-state index contributed by atoms with van der Waals surface area (Å²) in [6.07, 6.45) is 4.28. The fourth-order valence-electron chi connectivity index (χ4n) is 1.70. The Morgan fingerprint density at radius 1 is 1.16 bits per heavy atom. The van der Waals surface area contributed by atoms with Gasteiger partial charge < -0.3 is 4.74 Å². The SMILES string of the molecule is CCC(C)c1ccc(OCc2cnc(Cl)cn2)cc1. The molecule has 2 aromatic rings. The molecule has 1 aromatic heterocycles. The van der Waals surface area contributed by atoms with Crippen LogP contribution in [0.25, 0.3) is 0 Å². The number of ether oxygens (including phenoxy) is 1. The normalized spacial score (nSPS) is 12.2. The molecule has 0 amide bonds. The number of hydrogen-bond acceptors (Lipinski definition) is 3. The van der Waals surface area contributed by atoms with Crippen molar-refractivity contribution in [1.29, 1.82) is 0 Å². The molecule has 1 heterocycles. The molecule has 2 rings (SSSR count). The van der Waals surface area contributed by atoms with Gasteiger partial charge in [0.1, 0.15) is 17.5 Å². The van der Waals surface area contributed by atoms with Gasteiger partial charge in [-0.05, 0) is 30.0 Å². The zero-order chi connectivity index (χ0) is 13.7. The molecular weight excluding hydrogens is 260 g/mol. The summed E-state index contributed by atoms with van der Waals surface area (Å²) in [6.45, 7) is 4.81. The van der Waals surface area contributed by atoms with Crippen LogP contribution in [0.3, 0.4) is 0 Å². The third-order valence-corrected chi connectivity index (χ3v) is 3.32. The molecule has 4 heteroatoms. The number of hydrogen-bond donors (Lipinski definition) is 0. The summed E-state index contributed by atoms with van der Waals surface area (Å²) in [4.78, 5) is 8.10. The molecule has 1 aromatic carbocycles. The molecule has 100 valence electrons. The van der Waals surface area contributed by atoms with Crippen LogP contribution in [0.1, 0.15) is 37.4 Å². The fraction of sp³-hybridized carbons (Fsp3) is 0.333. The molecule has 0 saturated heterocycles. The predicted octanol–water partition coefficient (Wildman–Crippen LogP) is 4.22. The van der Waals surface area contributed by atoms with Gasteiger partial charge in [0.2, 0.25) is 0 Å². The van der Waals surface area contributed by atoms with E-state index < -0.39 is 0 Å². The number of aromatic nitrogens is 2. The first-order valence-corrected chi connectivity index (χ1v) is 6.76. The van der Waals surface area contributed by atoms with Crippen molar-refractivity contribution < 1.29 is 4.74 Å². The van der Waals surface area contributed by atoms with Gasteiger partial charge in [0.15, 0.2) is 0 Å². The quantitative estimate of drug-likeness (QED) is 0.820. The molecule has 0 saturated carbocycles. The molecule has 1 unspecified atom stereocenters. The van der Waals surface area contributed by atoms with E-state index in [0.29, 0.717) is 17.7 Å². The maximum atomic E-state index is 5.68. The van der Waals surface area contributed by atoms with Gasteiger partial charge in [0.05, 0.1) is 18.1 Å². The Bertz CT molecular complexity index is 511. The number of rotatable bonds is 5. The third kappa shape index (κ3) is 3.93. The van der Waals surface area contributed by atoms with Crippen molar-refractivity contribution in [1.82, 2.24) is 9.97 Å². The molecule has 0 aliphatic heterocycles. The summed E-state index contributed by atoms with van der Waals surface area (Å²) in [5.74, 6) is 1.42. The number of benzene rings is 1. The second-order valence-corrected chi connectivity index (χ2v) is 4.88. The Hall–Kier alpha value is -1.61. The molecule has 0 radical (unpaired) electrons. The zero-order valence-electron chi connectivity index (χ0n) is 11.1. The van der Waals surface area contributed by atoms with Gasteiger partial charge in [-0.25, -0.2) is 4.98 Å². The molecule has 19 heavy (non-hydrogen) atoms. The second-order valence-electron chi connectivity index (χ2n) is 4.50. The van der Waals surface area contributed by atoms with Gasteiger partial charge in [0.25, 0.3) is 0 Å². The van der Waals surface area contributed by atoms with Crippen molar-refractivity contribution in [2.24, 2.45) is 0 Å². The van der Waals surface area contributed by atoms with Crippen LogP contribution < -0.4 is 4.74 Å². The molecular formula is C15H17ClN2O. The Morgan fingerprint density at radius 2 is 1.89 bits per heavy atom. The highest BCUT2D eigenvalue weighted by molar-refractivity contribution is 6.29. The van der Waals surface area contributed by atoms with E-state index in [-0.39, 0.29) is 0 Å². The van der Waals surface area contributed by atoms with E-state index in [9.17, 15) is 0 Å². The van der Waals surface area contributed by atoms with Crippen LogP contribution in [0.2, 0.25) is 5.15 Å². The monoisotopic (exact) mass is 276 g/mol. The first-order valence-electron chi connectivity index (χ1n) is 6.38. The van der Waals surface area contributed by atoms with E-state index in [4.69, 9.17) is 16.3 Å². The third-order valence-electron chi connectivity index (χ3n) is 3.12. The van der Waals surface area contributed by atoms with Gasteiger partial charge >= 0.3 is 0 Å². The van der Waals surface area contributed by atoms with E-state index in [0.717, 1.165) is 17.9 Å². The summed E-state index contributed by atoms with van der Waals surface area (Å²) >= 11 is 5.68. The van der Waals surface area contributed by atoms with Crippen LogP contribution in [0.15, 0.2) is 36.7 Å². The van der Waals surface area contributed by atoms with Gasteiger partial charge in [-0.2, -0.15) is 0 Å². The van der Waals surface area contributed by atoms with Crippen molar-refractivity contribution in [2.45, 2.75) is 32.8 Å². The average Bonchev–Trinajstić information content (AvgIpc) is 2.46. The molecule has 0 aliphatic rings. The summed E-state index contributed by atoms with van der Waals surface area (Å²) in [7, 11) is 0. The standard InChI is InChI=1S/C15H17ClN2O/c1-3-11(2)12-4-6-14(7-5-12)19-10-13-8-18-15(16)9-17-13/h4-9,11H,3,10H2,1-2H3. The Kier molecular flexibility index (Phi) is 4.74. The highest BCUT2D eigenvalue weighted by Gasteiger charge is 2.03. The lowest BCUT2D eigenvalue weighted by atomic mass is 9.99. The van der Waals surface area contributed by atoms with E-state index in [1.807, 2.05) is 12.1 Å². The van der Waals surface area contributed by atoms with Crippen molar-refractivity contribution in [3.05, 3.63) is 53.1 Å². The highest BCUT2D eigenvalue weighted by atomic mass is 35.5. The lowest BCUT2D eigenvalue weighted by Crippen LogP contribution is -1.99. The first kappa shape index (κ1) is 13.8. The van der Waals surface area contributed by atoms with Crippen molar-refractivity contribution >= 4 is 11.6 Å². The van der Waals surface area contributed by atoms with Crippen molar-refractivity contribution in [3.63, 3.8) is 0 Å². The summed E-state index contributed by atoms with van der Waals surface area (Å²) in [5.41, 5.74) is 2.09. The maximum Gasteiger partial charge on any atom is 0.147 e. The first-order chi connectivity index (χ1) is 9.19. The molecule has 1 atom stereocenters. The predicted molar refractivity (Wildman–Crippen MR) is 76.5 cm³/mol. The van der Waals surface area contributed by atoms with E-state index in [2.05, 4.69) is 35.9 Å². The molecule has 3 nitrogen and oxygen atoms in total. The number of halogens is 1. The van der Waals surface area contributed by atoms with Crippen molar-refractivity contribution in [2.75, 3.05) is 0 Å². The topological polar surface area (TPSA) is 35.0 Å². The smallest absolute Gasteiger partial charge is 0.147 e. The molecule has 0 aliphatic carbocycles. The minimum Gasteiger partial charge on any atom is -0.487 e. The summed E-state index contributed by atoms with van der Waals surface area (Å²) < 4.78 is 5.65. The summed E-state index contributed by atoms with van der Waals surface area (Å²) in [6, 6.07) is 8.20. The Morgan fingerprint density at radius 3 is 2.47 bits per heavy atom. The lowest BCUT2D eigenvalue weighted by molar-refractivity contribution is 0.300. The fourth-order valence-corrected chi connectivity index (χ4v) is 1.80. The maximum absolute atomic E-state index is 5.68. The molecule has 0 N–H and O–H groups in total. The zero-order valence-corrected chi connectivity index (χ0v) is 11.9. The lowest BCUT2D eigenvalue weighted by Gasteiger charge is -2.10. The van der Waals surface area contributed by atoms with E-state index >= 15 is 0 Å². The van der Waals surface area contributed by atoms with Crippen LogP contribution in [0, 0.1) is 0 Å². The minimum absolute atomic E-state index is 0.390. The Balaban J connectivity index is 1.94. The van der Waals surface area contributed by atoms with Crippen LogP contribution in [-0.2, 0) is 6.61 Å². The molecule has 0 fully saturated rings. The summed E-state index contributed by atoms with van der Waals surface area (Å²) in [5, 5.41) is 0.390.